The fourth-order valence-corrected chi connectivity index (χ4v) is 7.44. The van der Waals surface area contributed by atoms with Gasteiger partial charge in [-0.05, 0) is 57.2 Å². The molecule has 3 fully saturated rings. The summed E-state index contributed by atoms with van der Waals surface area (Å²) in [6.07, 6.45) is 1.19. The third kappa shape index (κ3) is 4.20. The van der Waals surface area contributed by atoms with Crippen LogP contribution in [0.25, 0.3) is 16.3 Å². The fourth-order valence-electron chi connectivity index (χ4n) is 5.01. The summed E-state index contributed by atoms with van der Waals surface area (Å²) in [6.45, 7) is 5.28. The van der Waals surface area contributed by atoms with E-state index in [9.17, 15) is 17.2 Å². The third-order valence-corrected chi connectivity index (χ3v) is 10.00. The first kappa shape index (κ1) is 23.5. The van der Waals surface area contributed by atoms with Crippen molar-refractivity contribution in [1.82, 2.24) is 29.6 Å². The normalized spacial score (nSPS) is 23.9. The molecule has 0 amide bonds. The van der Waals surface area contributed by atoms with E-state index in [-0.39, 0.29) is 20.9 Å². The topological polar surface area (TPSA) is 105 Å². The average molecular weight is 544 g/mol. The van der Waals surface area contributed by atoms with Crippen molar-refractivity contribution in [1.29, 1.82) is 0 Å². The Morgan fingerprint density at radius 2 is 2.06 bits per heavy atom. The molecule has 1 saturated carbocycles. The lowest BCUT2D eigenvalue weighted by molar-refractivity contribution is 0.150. The first-order valence-corrected chi connectivity index (χ1v) is 14.1. The van der Waals surface area contributed by atoms with Gasteiger partial charge in [-0.15, -0.1) is 10.2 Å². The van der Waals surface area contributed by atoms with Crippen LogP contribution >= 0.6 is 22.9 Å². The van der Waals surface area contributed by atoms with Gasteiger partial charge in [-0.1, -0.05) is 22.9 Å². The van der Waals surface area contributed by atoms with Crippen molar-refractivity contribution in [2.24, 2.45) is 11.8 Å². The number of aromatic nitrogens is 4. The van der Waals surface area contributed by atoms with E-state index in [1.54, 1.807) is 10.5 Å². The van der Waals surface area contributed by atoms with Crippen molar-refractivity contribution >= 4 is 44.2 Å². The molecule has 0 bridgehead atoms. The SMILES string of the molecule is CC1(NS(=O)(=O)c2cc(N3CC[C@@H]4CNC[C@@H]4C3)c3c(Cl)nc(-c4nnc(C(F)F)s4)n3c2)CC1. The van der Waals surface area contributed by atoms with Crippen LogP contribution in [0, 0.1) is 11.8 Å². The van der Waals surface area contributed by atoms with Gasteiger partial charge in [0.05, 0.1) is 5.69 Å². The number of imidazole rings is 1. The van der Waals surface area contributed by atoms with Crippen molar-refractivity contribution < 1.29 is 17.2 Å². The Labute approximate surface area is 209 Å². The van der Waals surface area contributed by atoms with Crippen LogP contribution in [-0.4, -0.2) is 59.7 Å². The van der Waals surface area contributed by atoms with Gasteiger partial charge >= 0.3 is 0 Å². The van der Waals surface area contributed by atoms with Gasteiger partial charge in [0.25, 0.3) is 6.43 Å². The van der Waals surface area contributed by atoms with E-state index in [0.717, 1.165) is 45.4 Å². The molecule has 9 nitrogen and oxygen atoms in total. The van der Waals surface area contributed by atoms with Crippen LogP contribution in [0.1, 0.15) is 37.6 Å². The summed E-state index contributed by atoms with van der Waals surface area (Å²) in [5.74, 6) is 1.23. The van der Waals surface area contributed by atoms with Crippen LogP contribution in [-0.2, 0) is 10.0 Å². The van der Waals surface area contributed by atoms with Crippen molar-refractivity contribution in [2.75, 3.05) is 31.1 Å². The largest absolute Gasteiger partial charge is 0.369 e. The number of nitrogens with zero attached hydrogens (tertiary/aromatic N) is 5. The van der Waals surface area contributed by atoms with Crippen LogP contribution in [0.5, 0.6) is 0 Å². The van der Waals surface area contributed by atoms with Gasteiger partial charge < -0.3 is 10.2 Å². The Kier molecular flexibility index (Phi) is 5.57. The highest BCUT2D eigenvalue weighted by atomic mass is 35.5. The molecule has 1 aliphatic carbocycles. The maximum atomic E-state index is 13.4. The van der Waals surface area contributed by atoms with Crippen LogP contribution in [0.15, 0.2) is 17.2 Å². The lowest BCUT2D eigenvalue weighted by Gasteiger charge is -2.36. The van der Waals surface area contributed by atoms with Gasteiger partial charge in [-0.25, -0.2) is 26.9 Å². The number of pyridine rings is 1. The van der Waals surface area contributed by atoms with E-state index in [2.05, 4.69) is 30.1 Å². The average Bonchev–Trinajstić information content (AvgIpc) is 3.23. The molecule has 14 heteroatoms. The van der Waals surface area contributed by atoms with Crippen molar-refractivity contribution in [3.05, 3.63) is 22.4 Å². The summed E-state index contributed by atoms with van der Waals surface area (Å²) in [6, 6.07) is 1.65. The molecule has 2 N–H and O–H groups in total. The Balaban J connectivity index is 1.51. The molecule has 3 aromatic rings. The molecule has 2 saturated heterocycles. The summed E-state index contributed by atoms with van der Waals surface area (Å²) in [5.41, 5.74) is 0.723. The van der Waals surface area contributed by atoms with Crippen LogP contribution in [0.3, 0.4) is 0 Å². The number of nitrogens with one attached hydrogen (secondary N) is 2. The predicted octanol–water partition coefficient (Wildman–Crippen LogP) is 3.32. The lowest BCUT2D eigenvalue weighted by atomic mass is 9.88. The van der Waals surface area contributed by atoms with Crippen molar-refractivity contribution in [3.63, 3.8) is 0 Å². The molecule has 3 aromatic heterocycles. The smallest absolute Gasteiger partial charge is 0.291 e. The molecule has 2 aliphatic heterocycles. The zero-order valence-corrected chi connectivity index (χ0v) is 21.2. The number of halogens is 3. The number of sulfonamides is 1. The maximum Gasteiger partial charge on any atom is 0.291 e. The van der Waals surface area contributed by atoms with Crippen LogP contribution < -0.4 is 14.9 Å². The monoisotopic (exact) mass is 543 g/mol. The molecular formula is C21H24ClF2N7O2S2. The number of fused-ring (bicyclic) bond motifs is 2. The van der Waals surface area contributed by atoms with E-state index in [0.29, 0.717) is 34.4 Å². The fraction of sp³-hybridized carbons (Fsp3) is 0.571. The summed E-state index contributed by atoms with van der Waals surface area (Å²) >= 11 is 7.30. The highest BCUT2D eigenvalue weighted by molar-refractivity contribution is 7.89. The molecule has 3 aliphatic rings. The number of hydrogen-bond acceptors (Lipinski definition) is 8. The second kappa shape index (κ2) is 8.30. The Hall–Kier alpha value is -1.93. The molecule has 2 atom stereocenters. The lowest BCUT2D eigenvalue weighted by Crippen LogP contribution is -2.40. The standard InChI is InChI=1S/C21H24ClF2N7O2S2/c1-21(3-4-21)29-35(32,33)13-6-14(30-5-2-11-7-25-8-12(11)9-30)15-16(22)26-18(31(15)10-13)20-28-27-19(34-20)17(23)24/h6,10-12,17,25,29H,2-5,7-9H2,1H3/t11-,12-/m1/s1. The number of piperidine rings is 1. The number of hydrogen-bond donors (Lipinski definition) is 2. The second-order valence-corrected chi connectivity index (χ2v) is 12.9. The van der Waals surface area contributed by atoms with Crippen molar-refractivity contribution in [3.8, 4) is 10.8 Å². The third-order valence-electron chi connectivity index (χ3n) is 7.20. The van der Waals surface area contributed by atoms with E-state index < -0.39 is 27.0 Å². The molecule has 5 heterocycles. The molecular weight excluding hydrogens is 520 g/mol. The van der Waals surface area contributed by atoms with Gasteiger partial charge in [0.1, 0.15) is 10.4 Å². The Bertz CT molecular complexity index is 1410. The number of anilines is 1. The first-order chi connectivity index (χ1) is 16.6. The zero-order valence-electron chi connectivity index (χ0n) is 18.8. The van der Waals surface area contributed by atoms with Gasteiger partial charge in [0, 0.05) is 24.8 Å². The summed E-state index contributed by atoms with van der Waals surface area (Å²) in [5, 5.41) is 10.7. The van der Waals surface area contributed by atoms with Crippen molar-refractivity contribution in [2.45, 2.75) is 43.0 Å². The van der Waals surface area contributed by atoms with Gasteiger partial charge in [0.2, 0.25) is 10.0 Å². The minimum absolute atomic E-state index is 0.0636. The quantitative estimate of drug-likeness (QED) is 0.491. The number of alkyl halides is 2. The zero-order chi connectivity index (χ0) is 24.5. The van der Waals surface area contributed by atoms with Crippen LogP contribution in [0.2, 0.25) is 5.15 Å². The van der Waals surface area contributed by atoms with E-state index in [4.69, 9.17) is 11.6 Å². The molecule has 188 valence electrons. The van der Waals surface area contributed by atoms with E-state index in [1.165, 1.54) is 6.20 Å². The maximum absolute atomic E-state index is 13.4. The van der Waals surface area contributed by atoms with E-state index >= 15 is 0 Å². The Morgan fingerprint density at radius 1 is 1.29 bits per heavy atom. The van der Waals surface area contributed by atoms with Gasteiger partial charge in [0.15, 0.2) is 21.0 Å². The Morgan fingerprint density at radius 3 is 2.77 bits per heavy atom. The minimum atomic E-state index is -3.86. The molecule has 0 aromatic carbocycles. The summed E-state index contributed by atoms with van der Waals surface area (Å²) < 4.78 is 57.4. The summed E-state index contributed by atoms with van der Waals surface area (Å²) in [7, 11) is -3.86. The number of rotatable bonds is 6. The van der Waals surface area contributed by atoms with Gasteiger partial charge in [-0.3, -0.25) is 4.40 Å². The van der Waals surface area contributed by atoms with E-state index in [1.807, 2.05) is 6.92 Å². The second-order valence-electron chi connectivity index (χ2n) is 9.83. The van der Waals surface area contributed by atoms with Gasteiger partial charge in [-0.2, -0.15) is 0 Å². The highest BCUT2D eigenvalue weighted by Gasteiger charge is 2.42. The minimum Gasteiger partial charge on any atom is -0.369 e. The molecule has 35 heavy (non-hydrogen) atoms. The summed E-state index contributed by atoms with van der Waals surface area (Å²) in [4.78, 5) is 6.62. The predicted molar refractivity (Wildman–Crippen MR) is 129 cm³/mol. The molecule has 6 rings (SSSR count). The molecule has 0 spiro atoms. The first-order valence-electron chi connectivity index (χ1n) is 11.5. The molecule has 0 unspecified atom stereocenters. The highest BCUT2D eigenvalue weighted by Crippen LogP contribution is 2.40. The molecule has 0 radical (unpaired) electrons. The van der Waals surface area contributed by atoms with Crippen LogP contribution in [0.4, 0.5) is 14.5 Å².